The van der Waals surface area contributed by atoms with Gasteiger partial charge in [-0.1, -0.05) is 0 Å². The first kappa shape index (κ1) is 14.2. The Morgan fingerprint density at radius 3 is 2.57 bits per heavy atom. The Morgan fingerprint density at radius 2 is 1.95 bits per heavy atom. The summed E-state index contributed by atoms with van der Waals surface area (Å²) in [7, 11) is 3.62. The summed E-state index contributed by atoms with van der Waals surface area (Å²) in [5, 5.41) is 9.56. The lowest BCUT2D eigenvalue weighted by atomic mass is 10.0. The lowest BCUT2D eigenvalue weighted by molar-refractivity contribution is -0.000475. The average molecular weight is 291 g/mol. The molecule has 0 amide bonds. The van der Waals surface area contributed by atoms with E-state index in [0.717, 1.165) is 12.8 Å². The highest BCUT2D eigenvalue weighted by molar-refractivity contribution is 5.90. The largest absolute Gasteiger partial charge is 0.504 e. The van der Waals surface area contributed by atoms with Crippen LogP contribution in [-0.2, 0) is 4.74 Å². The van der Waals surface area contributed by atoms with E-state index in [1.165, 1.54) is 32.1 Å². The summed E-state index contributed by atoms with van der Waals surface area (Å²) in [5.74, 6) is -0.0402. The fourth-order valence-electron chi connectivity index (χ4n) is 3.48. The monoisotopic (exact) mass is 291 g/mol. The van der Waals surface area contributed by atoms with Gasteiger partial charge in [0.25, 0.3) is 0 Å². The molecule has 0 aromatic heterocycles. The van der Waals surface area contributed by atoms with Crippen molar-refractivity contribution in [2.45, 2.75) is 43.9 Å². The maximum absolute atomic E-state index is 12.2. The number of carbonyl (C=O) groups is 1. The highest BCUT2D eigenvalue weighted by Gasteiger charge is 2.39. The second-order valence-electron chi connectivity index (χ2n) is 5.94. The Labute approximate surface area is 124 Å². The molecule has 1 N–H and O–H groups in total. The molecule has 1 aromatic carbocycles. The van der Waals surface area contributed by atoms with Crippen molar-refractivity contribution in [1.82, 2.24) is 4.90 Å². The highest BCUT2D eigenvalue weighted by Crippen LogP contribution is 2.36. The van der Waals surface area contributed by atoms with Crippen LogP contribution in [0.15, 0.2) is 18.2 Å². The number of phenolic OH excluding ortho intramolecular Hbond substituents is 1. The van der Waals surface area contributed by atoms with Gasteiger partial charge in [-0.05, 0) is 38.1 Å². The normalized spacial score (nSPS) is 28.4. The van der Waals surface area contributed by atoms with Gasteiger partial charge in [-0.2, -0.15) is 0 Å². The van der Waals surface area contributed by atoms with Crippen LogP contribution in [0.25, 0.3) is 0 Å². The van der Waals surface area contributed by atoms with E-state index >= 15 is 0 Å². The van der Waals surface area contributed by atoms with Crippen LogP contribution in [-0.4, -0.2) is 48.3 Å². The van der Waals surface area contributed by atoms with Crippen molar-refractivity contribution >= 4 is 5.97 Å². The Kier molecular flexibility index (Phi) is 3.76. The van der Waals surface area contributed by atoms with Crippen LogP contribution in [0.1, 0.15) is 36.0 Å². The molecule has 2 saturated heterocycles. The lowest BCUT2D eigenvalue weighted by Crippen LogP contribution is -2.43. The summed E-state index contributed by atoms with van der Waals surface area (Å²) in [6.45, 7) is 0. The first-order valence-electron chi connectivity index (χ1n) is 7.38. The molecule has 2 fully saturated rings. The summed E-state index contributed by atoms with van der Waals surface area (Å²) in [4.78, 5) is 14.6. The number of carbonyl (C=O) groups excluding carboxylic acids is 1. The topological polar surface area (TPSA) is 59.0 Å². The van der Waals surface area contributed by atoms with Crippen LogP contribution < -0.4 is 4.74 Å². The molecule has 5 nitrogen and oxygen atoms in total. The minimum atomic E-state index is -0.345. The summed E-state index contributed by atoms with van der Waals surface area (Å²) in [5.41, 5.74) is 0.413. The van der Waals surface area contributed by atoms with E-state index in [-0.39, 0.29) is 23.6 Å². The SMILES string of the molecule is COc1cc(C(=O)OC2C[C@@H]3CC[C@@H](C2)N3C)ccc1O. The maximum atomic E-state index is 12.2. The molecular formula is C16H21NO4. The van der Waals surface area contributed by atoms with Crippen LogP contribution in [0, 0.1) is 0 Å². The van der Waals surface area contributed by atoms with Crippen molar-refractivity contribution in [2.24, 2.45) is 0 Å². The third-order valence-corrected chi connectivity index (χ3v) is 4.74. The average Bonchev–Trinajstić information content (AvgIpc) is 2.70. The molecule has 0 radical (unpaired) electrons. The van der Waals surface area contributed by atoms with Crippen molar-refractivity contribution in [3.05, 3.63) is 23.8 Å². The van der Waals surface area contributed by atoms with E-state index in [9.17, 15) is 9.90 Å². The fraction of sp³-hybridized carbons (Fsp3) is 0.562. The number of benzene rings is 1. The molecule has 2 atom stereocenters. The van der Waals surface area contributed by atoms with Crippen LogP contribution in [0.2, 0.25) is 0 Å². The van der Waals surface area contributed by atoms with Gasteiger partial charge in [0.05, 0.1) is 12.7 Å². The molecular weight excluding hydrogens is 270 g/mol. The van der Waals surface area contributed by atoms with Gasteiger partial charge in [0.15, 0.2) is 11.5 Å². The van der Waals surface area contributed by atoms with Crippen molar-refractivity contribution in [3.63, 3.8) is 0 Å². The molecule has 0 spiro atoms. The van der Waals surface area contributed by atoms with E-state index in [2.05, 4.69) is 11.9 Å². The van der Waals surface area contributed by atoms with Crippen LogP contribution in [0.5, 0.6) is 11.5 Å². The van der Waals surface area contributed by atoms with Crippen LogP contribution >= 0.6 is 0 Å². The molecule has 0 aliphatic carbocycles. The molecule has 3 rings (SSSR count). The number of esters is 1. The highest BCUT2D eigenvalue weighted by atomic mass is 16.5. The van der Waals surface area contributed by atoms with Crippen molar-refractivity contribution < 1.29 is 19.4 Å². The van der Waals surface area contributed by atoms with E-state index < -0.39 is 0 Å². The summed E-state index contributed by atoms with van der Waals surface area (Å²) < 4.78 is 10.7. The first-order valence-corrected chi connectivity index (χ1v) is 7.38. The predicted molar refractivity (Wildman–Crippen MR) is 77.7 cm³/mol. The summed E-state index contributed by atoms with van der Waals surface area (Å²) >= 11 is 0. The maximum Gasteiger partial charge on any atom is 0.338 e. The molecule has 2 bridgehead atoms. The number of methoxy groups -OCH3 is 1. The van der Waals surface area contributed by atoms with Crippen LogP contribution in [0.4, 0.5) is 0 Å². The molecule has 2 aliphatic rings. The number of hydrogen-bond donors (Lipinski definition) is 1. The number of rotatable bonds is 3. The molecule has 2 aliphatic heterocycles. The van der Waals surface area contributed by atoms with Gasteiger partial charge in [0, 0.05) is 24.9 Å². The molecule has 0 saturated carbocycles. The Bertz CT molecular complexity index is 531. The summed E-state index contributed by atoms with van der Waals surface area (Å²) in [6, 6.07) is 5.60. The number of aromatic hydroxyl groups is 1. The minimum absolute atomic E-state index is 0.00834. The number of ether oxygens (including phenoxy) is 2. The molecule has 1 aromatic rings. The van der Waals surface area contributed by atoms with E-state index in [1.54, 1.807) is 6.07 Å². The summed E-state index contributed by atoms with van der Waals surface area (Å²) in [6.07, 6.45) is 4.21. The number of hydrogen-bond acceptors (Lipinski definition) is 5. The third kappa shape index (κ3) is 2.70. The van der Waals surface area contributed by atoms with Gasteiger partial charge in [-0.15, -0.1) is 0 Å². The van der Waals surface area contributed by atoms with Gasteiger partial charge >= 0.3 is 5.97 Å². The quantitative estimate of drug-likeness (QED) is 0.865. The lowest BCUT2D eigenvalue weighted by Gasteiger charge is -2.35. The third-order valence-electron chi connectivity index (χ3n) is 4.74. The smallest absolute Gasteiger partial charge is 0.338 e. The van der Waals surface area contributed by atoms with E-state index in [4.69, 9.17) is 9.47 Å². The molecule has 0 unspecified atom stereocenters. The number of nitrogens with zero attached hydrogens (tertiary/aromatic N) is 1. The Morgan fingerprint density at radius 1 is 1.29 bits per heavy atom. The zero-order valence-corrected chi connectivity index (χ0v) is 12.4. The van der Waals surface area contributed by atoms with Crippen LogP contribution in [0.3, 0.4) is 0 Å². The standard InChI is InChI=1S/C16H21NO4/c1-17-11-4-5-12(17)9-13(8-11)21-16(19)10-3-6-14(18)15(7-10)20-2/h3,6-7,11-13,18H,4-5,8-9H2,1-2H3/t11-,12-/m0/s1. The minimum Gasteiger partial charge on any atom is -0.504 e. The number of piperidine rings is 1. The second kappa shape index (κ2) is 5.56. The van der Waals surface area contributed by atoms with Gasteiger partial charge < -0.3 is 19.5 Å². The van der Waals surface area contributed by atoms with Gasteiger partial charge in [-0.25, -0.2) is 4.79 Å². The zero-order valence-electron chi connectivity index (χ0n) is 12.4. The second-order valence-corrected chi connectivity index (χ2v) is 5.94. The van der Waals surface area contributed by atoms with Crippen molar-refractivity contribution in [2.75, 3.05) is 14.2 Å². The molecule has 21 heavy (non-hydrogen) atoms. The Balaban J connectivity index is 1.67. The van der Waals surface area contributed by atoms with Gasteiger partial charge in [-0.3, -0.25) is 0 Å². The Hall–Kier alpha value is -1.75. The molecule has 2 heterocycles. The number of phenols is 1. The van der Waals surface area contributed by atoms with Crippen molar-refractivity contribution in [3.8, 4) is 11.5 Å². The molecule has 114 valence electrons. The number of fused-ring (bicyclic) bond motifs is 2. The zero-order chi connectivity index (χ0) is 15.0. The fourth-order valence-corrected chi connectivity index (χ4v) is 3.48. The van der Waals surface area contributed by atoms with E-state index in [0.29, 0.717) is 17.6 Å². The van der Waals surface area contributed by atoms with Crippen molar-refractivity contribution in [1.29, 1.82) is 0 Å². The molecule has 5 heteroatoms. The van der Waals surface area contributed by atoms with Gasteiger partial charge in [0.2, 0.25) is 0 Å². The predicted octanol–water partition coefficient (Wildman–Crippen LogP) is 2.18. The first-order chi connectivity index (χ1) is 10.1. The van der Waals surface area contributed by atoms with Gasteiger partial charge in [0.1, 0.15) is 6.10 Å². The van der Waals surface area contributed by atoms with E-state index in [1.807, 2.05) is 0 Å².